The van der Waals surface area contributed by atoms with Crippen molar-refractivity contribution < 1.29 is 0 Å². The molecule has 0 spiro atoms. The first-order valence-electron chi connectivity index (χ1n) is 22.3. The molecule has 2 aromatic heterocycles. The van der Waals surface area contributed by atoms with E-state index >= 15 is 0 Å². The van der Waals surface area contributed by atoms with Gasteiger partial charge in [0.1, 0.15) is 0 Å². The van der Waals surface area contributed by atoms with E-state index < -0.39 is 0 Å². The van der Waals surface area contributed by atoms with E-state index in [4.69, 9.17) is 0 Å². The third kappa shape index (κ3) is 5.75. The van der Waals surface area contributed by atoms with Crippen LogP contribution < -0.4 is 0 Å². The van der Waals surface area contributed by atoms with Crippen LogP contribution in [0.2, 0.25) is 0 Å². The number of fused-ring (bicyclic) bond motifs is 9. The van der Waals surface area contributed by atoms with Crippen LogP contribution in [0, 0.1) is 11.3 Å². The molecular weight excluding hydrogens is 787 g/mol. The van der Waals surface area contributed by atoms with Crippen molar-refractivity contribution in [3.05, 3.63) is 253 Å². The van der Waals surface area contributed by atoms with Crippen molar-refractivity contribution in [3.63, 3.8) is 0 Å². The van der Waals surface area contributed by atoms with Crippen LogP contribution in [-0.4, -0.2) is 9.13 Å². The molecule has 0 bridgehead atoms. The second-order valence-electron chi connectivity index (χ2n) is 17.1. The second-order valence-corrected chi connectivity index (χ2v) is 17.1. The Morgan fingerprint density at radius 1 is 0.338 bits per heavy atom. The molecule has 13 rings (SSSR count). The standard InChI is InChI=1S/C62H39N3/c63-39-40-15-12-18-42(35-40)43-19-13-20-46(36-43)64-56-28-10-8-23-49(56)54-37-44(31-33-58(54)64)45-32-34-59-55(38-45)50-24-9-11-29-57(50)65(59)60-30-14-27-53-48-22-5-7-26-52(48)61(62(53)60)51-25-6-4-21-47(51)41-16-2-1-3-17-41/h1-38,61H. The van der Waals surface area contributed by atoms with E-state index in [2.05, 4.69) is 228 Å². The normalized spacial score (nSPS) is 13.1. The van der Waals surface area contributed by atoms with Crippen LogP contribution in [0.5, 0.6) is 0 Å². The molecule has 0 aliphatic heterocycles. The summed E-state index contributed by atoms with van der Waals surface area (Å²) in [6.07, 6.45) is 0. The minimum absolute atomic E-state index is 0.0513. The molecule has 0 radical (unpaired) electrons. The lowest BCUT2D eigenvalue weighted by atomic mass is 9.83. The van der Waals surface area contributed by atoms with Gasteiger partial charge in [0, 0.05) is 33.2 Å². The highest BCUT2D eigenvalue weighted by Crippen LogP contribution is 2.53. The first-order valence-corrected chi connectivity index (χ1v) is 22.3. The number of benzene rings is 10. The van der Waals surface area contributed by atoms with Crippen LogP contribution in [0.25, 0.3) is 99.5 Å². The van der Waals surface area contributed by atoms with Crippen LogP contribution in [-0.2, 0) is 0 Å². The van der Waals surface area contributed by atoms with E-state index in [0.717, 1.165) is 27.8 Å². The average molecular weight is 826 g/mol. The molecule has 65 heavy (non-hydrogen) atoms. The molecule has 10 aromatic carbocycles. The highest BCUT2D eigenvalue weighted by molar-refractivity contribution is 6.13. The smallest absolute Gasteiger partial charge is 0.0991 e. The highest BCUT2D eigenvalue weighted by Gasteiger charge is 2.34. The minimum Gasteiger partial charge on any atom is -0.309 e. The van der Waals surface area contributed by atoms with Crippen molar-refractivity contribution in [1.82, 2.24) is 9.13 Å². The van der Waals surface area contributed by atoms with Crippen LogP contribution in [0.15, 0.2) is 231 Å². The predicted molar refractivity (Wildman–Crippen MR) is 269 cm³/mol. The van der Waals surface area contributed by atoms with Crippen LogP contribution >= 0.6 is 0 Å². The predicted octanol–water partition coefficient (Wildman–Crippen LogP) is 15.9. The van der Waals surface area contributed by atoms with Gasteiger partial charge in [-0.2, -0.15) is 5.26 Å². The SMILES string of the molecule is N#Cc1cccc(-c2cccc(-n3c4ccccc4c4cc(-c5ccc6c(c5)c5ccccc5n6-c5cccc6c5C(c5ccccc5-c5ccccc5)c5ccccc5-6)ccc43)c2)c1. The monoisotopic (exact) mass is 825 g/mol. The molecule has 1 unspecified atom stereocenters. The zero-order chi connectivity index (χ0) is 43.0. The lowest BCUT2D eigenvalue weighted by molar-refractivity contribution is 0.989. The van der Waals surface area contributed by atoms with Crippen LogP contribution in [0.3, 0.4) is 0 Å². The van der Waals surface area contributed by atoms with E-state index in [0.29, 0.717) is 5.56 Å². The number of para-hydroxylation sites is 2. The Bertz CT molecular complexity index is 3920. The Morgan fingerprint density at radius 3 is 1.57 bits per heavy atom. The molecule has 1 aliphatic rings. The Morgan fingerprint density at radius 2 is 0.846 bits per heavy atom. The minimum atomic E-state index is 0.0513. The summed E-state index contributed by atoms with van der Waals surface area (Å²) in [5, 5.41) is 14.5. The number of nitriles is 1. The molecule has 0 N–H and O–H groups in total. The van der Waals surface area contributed by atoms with Gasteiger partial charge in [-0.15, -0.1) is 0 Å². The largest absolute Gasteiger partial charge is 0.309 e. The molecule has 1 atom stereocenters. The van der Waals surface area contributed by atoms with E-state index in [9.17, 15) is 5.26 Å². The average Bonchev–Trinajstić information content (AvgIpc) is 4.02. The number of hydrogen-bond acceptors (Lipinski definition) is 1. The quantitative estimate of drug-likeness (QED) is 0.164. The van der Waals surface area contributed by atoms with Crippen molar-refractivity contribution in [2.24, 2.45) is 0 Å². The van der Waals surface area contributed by atoms with Gasteiger partial charge in [0.25, 0.3) is 0 Å². The highest BCUT2D eigenvalue weighted by atomic mass is 15.0. The van der Waals surface area contributed by atoms with Gasteiger partial charge >= 0.3 is 0 Å². The van der Waals surface area contributed by atoms with Crippen LogP contribution in [0.1, 0.15) is 28.2 Å². The molecule has 302 valence electrons. The van der Waals surface area contributed by atoms with Gasteiger partial charge in [0.05, 0.1) is 39.4 Å². The van der Waals surface area contributed by atoms with Crippen molar-refractivity contribution in [3.8, 4) is 62.0 Å². The van der Waals surface area contributed by atoms with E-state index in [1.165, 1.54) is 88.3 Å². The topological polar surface area (TPSA) is 33.6 Å². The van der Waals surface area contributed by atoms with Crippen molar-refractivity contribution >= 4 is 43.6 Å². The number of aromatic nitrogens is 2. The number of hydrogen-bond donors (Lipinski definition) is 0. The van der Waals surface area contributed by atoms with Crippen molar-refractivity contribution in [2.45, 2.75) is 5.92 Å². The third-order valence-corrected chi connectivity index (χ3v) is 13.6. The summed E-state index contributed by atoms with van der Waals surface area (Å²) in [6, 6.07) is 85.9. The van der Waals surface area contributed by atoms with Crippen molar-refractivity contribution in [2.75, 3.05) is 0 Å². The third-order valence-electron chi connectivity index (χ3n) is 13.6. The Hall–Kier alpha value is -8.71. The summed E-state index contributed by atoms with van der Waals surface area (Å²) in [7, 11) is 0. The zero-order valence-corrected chi connectivity index (χ0v) is 35.4. The maximum absolute atomic E-state index is 9.59. The molecule has 0 saturated heterocycles. The van der Waals surface area contributed by atoms with E-state index in [1.807, 2.05) is 18.2 Å². The fourth-order valence-electron chi connectivity index (χ4n) is 10.8. The number of rotatable bonds is 6. The number of nitrogens with zero attached hydrogens (tertiary/aromatic N) is 3. The molecule has 0 saturated carbocycles. The zero-order valence-electron chi connectivity index (χ0n) is 35.4. The van der Waals surface area contributed by atoms with Gasteiger partial charge in [-0.25, -0.2) is 0 Å². The Balaban J connectivity index is 0.970. The van der Waals surface area contributed by atoms with E-state index in [-0.39, 0.29) is 5.92 Å². The Labute approximate surface area is 377 Å². The first-order chi connectivity index (χ1) is 32.2. The molecule has 0 fully saturated rings. The van der Waals surface area contributed by atoms with Gasteiger partial charge in [0.2, 0.25) is 0 Å². The Kier molecular flexibility index (Phi) is 8.34. The molecule has 0 amide bonds. The van der Waals surface area contributed by atoms with Gasteiger partial charge in [-0.05, 0) is 128 Å². The summed E-state index contributed by atoms with van der Waals surface area (Å²) < 4.78 is 4.88. The summed E-state index contributed by atoms with van der Waals surface area (Å²) in [5.74, 6) is 0.0513. The maximum Gasteiger partial charge on any atom is 0.0991 e. The van der Waals surface area contributed by atoms with E-state index in [1.54, 1.807) is 0 Å². The fraction of sp³-hybridized carbons (Fsp3) is 0.0161. The molecule has 1 aliphatic carbocycles. The van der Waals surface area contributed by atoms with Gasteiger partial charge < -0.3 is 9.13 Å². The molecular formula is C62H39N3. The van der Waals surface area contributed by atoms with Crippen molar-refractivity contribution in [1.29, 1.82) is 5.26 Å². The lowest BCUT2D eigenvalue weighted by Crippen LogP contribution is -2.06. The maximum atomic E-state index is 9.59. The molecule has 3 heteroatoms. The summed E-state index contributed by atoms with van der Waals surface area (Å²) in [6.45, 7) is 0. The summed E-state index contributed by atoms with van der Waals surface area (Å²) in [4.78, 5) is 0. The van der Waals surface area contributed by atoms with Gasteiger partial charge in [-0.1, -0.05) is 164 Å². The molecule has 3 nitrogen and oxygen atoms in total. The van der Waals surface area contributed by atoms with Crippen LogP contribution in [0.4, 0.5) is 0 Å². The molecule has 2 heterocycles. The summed E-state index contributed by atoms with van der Waals surface area (Å²) in [5.41, 5.74) is 21.2. The summed E-state index contributed by atoms with van der Waals surface area (Å²) >= 11 is 0. The van der Waals surface area contributed by atoms with Gasteiger partial charge in [-0.3, -0.25) is 0 Å². The second kappa shape index (κ2) is 14.7. The fourth-order valence-corrected chi connectivity index (χ4v) is 10.8. The lowest BCUT2D eigenvalue weighted by Gasteiger charge is -2.22. The molecule has 12 aromatic rings. The van der Waals surface area contributed by atoms with Gasteiger partial charge in [0.15, 0.2) is 0 Å². The first kappa shape index (κ1) is 36.9.